The number of aromatic amines is 1. The van der Waals surface area contributed by atoms with Crippen LogP contribution >= 0.6 is 0 Å². The topological polar surface area (TPSA) is 87.2 Å². The Balaban J connectivity index is 1.65. The molecule has 1 aromatic heterocycles. The molecule has 0 radical (unpaired) electrons. The van der Waals surface area contributed by atoms with Crippen molar-refractivity contribution in [3.63, 3.8) is 0 Å². The molecule has 2 aromatic carbocycles. The number of carbonyl (C=O) groups is 1. The van der Waals surface area contributed by atoms with Gasteiger partial charge in [-0.2, -0.15) is 0 Å². The average molecular weight is 380 g/mol. The second kappa shape index (κ2) is 8.67. The van der Waals surface area contributed by atoms with Gasteiger partial charge in [-0.05, 0) is 31.8 Å². The van der Waals surface area contributed by atoms with Crippen LogP contribution in [0.2, 0.25) is 0 Å². The SMILES string of the molecule is CN(C)C(CNC(=O)CCn1[nH]c(=O)c2ccccc2c1=O)c1ccccc1. The fourth-order valence-electron chi connectivity index (χ4n) is 3.19. The highest BCUT2D eigenvalue weighted by molar-refractivity contribution is 5.80. The monoisotopic (exact) mass is 380 g/mol. The Bertz CT molecular complexity index is 1070. The largest absolute Gasteiger partial charge is 0.354 e. The number of amides is 1. The number of fused-ring (bicyclic) bond motifs is 1. The van der Waals surface area contributed by atoms with E-state index in [0.29, 0.717) is 17.3 Å². The van der Waals surface area contributed by atoms with Crippen molar-refractivity contribution in [2.24, 2.45) is 0 Å². The van der Waals surface area contributed by atoms with E-state index in [2.05, 4.69) is 10.4 Å². The van der Waals surface area contributed by atoms with Crippen molar-refractivity contribution >= 4 is 16.7 Å². The molecule has 146 valence electrons. The summed E-state index contributed by atoms with van der Waals surface area (Å²) < 4.78 is 1.20. The van der Waals surface area contributed by atoms with E-state index >= 15 is 0 Å². The van der Waals surface area contributed by atoms with Crippen molar-refractivity contribution in [1.29, 1.82) is 0 Å². The lowest BCUT2D eigenvalue weighted by Gasteiger charge is -2.25. The lowest BCUT2D eigenvalue weighted by Crippen LogP contribution is -2.36. The van der Waals surface area contributed by atoms with Crippen molar-refractivity contribution < 1.29 is 4.79 Å². The fourth-order valence-corrected chi connectivity index (χ4v) is 3.19. The number of nitrogens with one attached hydrogen (secondary N) is 2. The number of nitrogens with zero attached hydrogens (tertiary/aromatic N) is 2. The number of aryl methyl sites for hydroxylation is 1. The molecule has 1 unspecified atom stereocenters. The second-order valence-electron chi connectivity index (χ2n) is 6.89. The molecule has 1 amide bonds. The molecular formula is C21H24N4O3. The zero-order chi connectivity index (χ0) is 20.1. The zero-order valence-corrected chi connectivity index (χ0v) is 16.0. The summed E-state index contributed by atoms with van der Waals surface area (Å²) in [6.45, 7) is 0.571. The number of aromatic nitrogens is 2. The molecule has 28 heavy (non-hydrogen) atoms. The predicted molar refractivity (Wildman–Crippen MR) is 109 cm³/mol. The normalized spacial score (nSPS) is 12.2. The Labute approximate surface area is 162 Å². The van der Waals surface area contributed by atoms with Crippen LogP contribution in [0.5, 0.6) is 0 Å². The molecular weight excluding hydrogens is 356 g/mol. The van der Waals surface area contributed by atoms with Crippen LogP contribution in [0, 0.1) is 0 Å². The first-order chi connectivity index (χ1) is 13.5. The van der Waals surface area contributed by atoms with E-state index in [4.69, 9.17) is 0 Å². The van der Waals surface area contributed by atoms with Crippen molar-refractivity contribution in [3.8, 4) is 0 Å². The van der Waals surface area contributed by atoms with Crippen LogP contribution in [0.3, 0.4) is 0 Å². The molecule has 0 saturated carbocycles. The molecule has 0 spiro atoms. The third-order valence-corrected chi connectivity index (χ3v) is 4.75. The molecule has 0 saturated heterocycles. The molecule has 1 heterocycles. The maximum absolute atomic E-state index is 12.5. The summed E-state index contributed by atoms with van der Waals surface area (Å²) in [6, 6.07) is 16.6. The molecule has 7 heteroatoms. The highest BCUT2D eigenvalue weighted by Crippen LogP contribution is 2.16. The highest BCUT2D eigenvalue weighted by Gasteiger charge is 2.15. The van der Waals surface area contributed by atoms with Crippen LogP contribution in [0.25, 0.3) is 10.8 Å². The molecule has 2 N–H and O–H groups in total. The van der Waals surface area contributed by atoms with Gasteiger partial charge >= 0.3 is 0 Å². The van der Waals surface area contributed by atoms with E-state index in [1.807, 2.05) is 49.3 Å². The lowest BCUT2D eigenvalue weighted by atomic mass is 10.1. The minimum atomic E-state index is -0.340. The lowest BCUT2D eigenvalue weighted by molar-refractivity contribution is -0.121. The molecule has 0 aliphatic carbocycles. The number of carbonyl (C=O) groups excluding carboxylic acids is 1. The predicted octanol–water partition coefficient (Wildman–Crippen LogP) is 1.50. The van der Waals surface area contributed by atoms with Crippen LogP contribution in [0.1, 0.15) is 18.0 Å². The van der Waals surface area contributed by atoms with Crippen LogP contribution in [0.15, 0.2) is 64.2 Å². The molecule has 3 rings (SSSR count). The Morgan fingerprint density at radius 2 is 1.68 bits per heavy atom. The van der Waals surface area contributed by atoms with E-state index in [9.17, 15) is 14.4 Å². The van der Waals surface area contributed by atoms with Crippen LogP contribution < -0.4 is 16.4 Å². The van der Waals surface area contributed by atoms with Gasteiger partial charge in [0.2, 0.25) is 5.91 Å². The summed E-state index contributed by atoms with van der Waals surface area (Å²) in [5.41, 5.74) is 0.466. The van der Waals surface area contributed by atoms with E-state index < -0.39 is 0 Å². The number of benzene rings is 2. The smallest absolute Gasteiger partial charge is 0.273 e. The van der Waals surface area contributed by atoms with Crippen molar-refractivity contribution in [2.75, 3.05) is 20.6 Å². The Kier molecular flexibility index (Phi) is 6.06. The summed E-state index contributed by atoms with van der Waals surface area (Å²) in [5.74, 6) is -0.177. The van der Waals surface area contributed by atoms with Gasteiger partial charge in [0.05, 0.1) is 23.4 Å². The summed E-state index contributed by atoms with van der Waals surface area (Å²) in [4.78, 5) is 39.0. The molecule has 7 nitrogen and oxygen atoms in total. The van der Waals surface area contributed by atoms with Gasteiger partial charge in [0.15, 0.2) is 0 Å². The Morgan fingerprint density at radius 3 is 2.36 bits per heavy atom. The maximum atomic E-state index is 12.5. The summed E-state index contributed by atoms with van der Waals surface area (Å²) >= 11 is 0. The first-order valence-corrected chi connectivity index (χ1v) is 9.17. The molecule has 1 atom stereocenters. The number of rotatable bonds is 7. The standard InChI is InChI=1S/C21H24N4O3/c1-24(2)18(15-8-4-3-5-9-15)14-22-19(26)12-13-25-21(28)17-11-7-6-10-16(17)20(27)23-25/h3-11,18H,12-14H2,1-2H3,(H,22,26)(H,23,27). The first kappa shape index (κ1) is 19.6. The van der Waals surface area contributed by atoms with Crippen LogP contribution in [-0.2, 0) is 11.3 Å². The van der Waals surface area contributed by atoms with Crippen molar-refractivity contribution in [1.82, 2.24) is 20.0 Å². The average Bonchev–Trinajstić information content (AvgIpc) is 2.70. The van der Waals surface area contributed by atoms with Crippen LogP contribution in [0.4, 0.5) is 0 Å². The van der Waals surface area contributed by atoms with Crippen molar-refractivity contribution in [2.45, 2.75) is 19.0 Å². The quantitative estimate of drug-likeness (QED) is 0.650. The summed E-state index contributed by atoms with van der Waals surface area (Å²) in [7, 11) is 3.92. The molecule has 0 aliphatic rings. The Hall–Kier alpha value is -3.19. The summed E-state index contributed by atoms with van der Waals surface area (Å²) in [5, 5.41) is 6.16. The minimum Gasteiger partial charge on any atom is -0.354 e. The highest BCUT2D eigenvalue weighted by atomic mass is 16.2. The number of H-pyrrole nitrogens is 1. The van der Waals surface area contributed by atoms with Crippen molar-refractivity contribution in [3.05, 3.63) is 80.9 Å². The fraction of sp³-hybridized carbons (Fsp3) is 0.286. The molecule has 0 fully saturated rings. The van der Waals surface area contributed by atoms with E-state index in [1.54, 1.807) is 24.3 Å². The van der Waals surface area contributed by atoms with Gasteiger partial charge in [0.25, 0.3) is 11.1 Å². The van der Waals surface area contributed by atoms with E-state index in [1.165, 1.54) is 4.68 Å². The van der Waals surface area contributed by atoms with Gasteiger partial charge in [-0.1, -0.05) is 42.5 Å². The van der Waals surface area contributed by atoms with E-state index in [-0.39, 0.29) is 36.0 Å². The third kappa shape index (κ3) is 4.37. The number of likely N-dealkylation sites (N-methyl/N-ethyl adjacent to an activating group) is 1. The number of hydrogen-bond acceptors (Lipinski definition) is 4. The second-order valence-corrected chi connectivity index (χ2v) is 6.89. The van der Waals surface area contributed by atoms with E-state index in [0.717, 1.165) is 5.56 Å². The Morgan fingerprint density at radius 1 is 1.04 bits per heavy atom. The number of hydrogen-bond donors (Lipinski definition) is 2. The molecule has 0 bridgehead atoms. The van der Waals surface area contributed by atoms with Gasteiger partial charge < -0.3 is 10.2 Å². The molecule has 0 aliphatic heterocycles. The van der Waals surface area contributed by atoms with Gasteiger partial charge in [0, 0.05) is 13.0 Å². The zero-order valence-electron chi connectivity index (χ0n) is 16.0. The third-order valence-electron chi connectivity index (χ3n) is 4.75. The van der Waals surface area contributed by atoms with Gasteiger partial charge in [-0.25, -0.2) is 4.68 Å². The van der Waals surface area contributed by atoms with Gasteiger partial charge in [0.1, 0.15) is 0 Å². The molecule has 3 aromatic rings. The maximum Gasteiger partial charge on any atom is 0.273 e. The summed E-state index contributed by atoms with van der Waals surface area (Å²) in [6.07, 6.45) is 0.100. The first-order valence-electron chi connectivity index (χ1n) is 9.17. The van der Waals surface area contributed by atoms with Gasteiger partial charge in [-0.3, -0.25) is 19.5 Å². The minimum absolute atomic E-state index is 0.0494. The van der Waals surface area contributed by atoms with Crippen LogP contribution in [-0.4, -0.2) is 41.2 Å². The van der Waals surface area contributed by atoms with Gasteiger partial charge in [-0.15, -0.1) is 0 Å².